The lowest BCUT2D eigenvalue weighted by Gasteiger charge is -2.26. The highest BCUT2D eigenvalue weighted by Crippen LogP contribution is 2.36. The van der Waals surface area contributed by atoms with Gasteiger partial charge in [-0.25, -0.2) is 0 Å². The number of benzene rings is 3. The summed E-state index contributed by atoms with van der Waals surface area (Å²) in [6, 6.07) is 21.9. The van der Waals surface area contributed by atoms with Crippen LogP contribution >= 0.6 is 0 Å². The molecule has 1 atom stereocenters. The van der Waals surface area contributed by atoms with Crippen LogP contribution < -0.4 is 10.1 Å². The molecule has 0 unspecified atom stereocenters. The normalized spacial score (nSPS) is 14.7. The van der Waals surface area contributed by atoms with E-state index < -0.39 is 4.92 Å². The summed E-state index contributed by atoms with van der Waals surface area (Å²) < 4.78 is 11.4. The molecule has 3 aromatic carbocycles. The summed E-state index contributed by atoms with van der Waals surface area (Å²) >= 11 is 0. The number of aromatic amines is 1. The minimum atomic E-state index is -0.405. The van der Waals surface area contributed by atoms with Crippen molar-refractivity contribution in [1.82, 2.24) is 15.2 Å². The van der Waals surface area contributed by atoms with Crippen LogP contribution in [0.15, 0.2) is 79.0 Å². The van der Waals surface area contributed by atoms with Crippen molar-refractivity contribution in [2.75, 3.05) is 39.4 Å². The molecule has 1 saturated heterocycles. The third-order valence-corrected chi connectivity index (χ3v) is 6.77. The van der Waals surface area contributed by atoms with Gasteiger partial charge in [-0.1, -0.05) is 30.3 Å². The van der Waals surface area contributed by atoms with Crippen molar-refractivity contribution < 1.29 is 19.2 Å². The molecule has 0 aliphatic carbocycles. The second-order valence-electron chi connectivity index (χ2n) is 9.28. The van der Waals surface area contributed by atoms with Crippen molar-refractivity contribution in [2.45, 2.75) is 12.3 Å². The molecule has 0 bridgehead atoms. The van der Waals surface area contributed by atoms with Crippen molar-refractivity contribution >= 4 is 22.5 Å². The van der Waals surface area contributed by atoms with Gasteiger partial charge in [-0.05, 0) is 41.5 Å². The fourth-order valence-electron chi connectivity index (χ4n) is 4.79. The number of rotatable bonds is 10. The number of nitro benzene ring substituents is 1. The van der Waals surface area contributed by atoms with Crippen molar-refractivity contribution in [1.29, 1.82) is 0 Å². The molecule has 9 nitrogen and oxygen atoms in total. The number of hydrogen-bond donors (Lipinski definition) is 2. The molecule has 2 N–H and O–H groups in total. The Morgan fingerprint density at radius 2 is 1.84 bits per heavy atom. The van der Waals surface area contributed by atoms with Gasteiger partial charge in [0.25, 0.3) is 5.69 Å². The van der Waals surface area contributed by atoms with Gasteiger partial charge in [-0.2, -0.15) is 0 Å². The lowest BCUT2D eigenvalue weighted by molar-refractivity contribution is -0.384. The van der Waals surface area contributed by atoms with E-state index in [0.717, 1.165) is 41.7 Å². The van der Waals surface area contributed by atoms with Gasteiger partial charge in [0.2, 0.25) is 5.91 Å². The van der Waals surface area contributed by atoms with Gasteiger partial charge in [-0.15, -0.1) is 0 Å². The number of nitrogens with zero attached hydrogens (tertiary/aromatic N) is 2. The number of morpholine rings is 1. The molecule has 1 aliphatic heterocycles. The molecule has 5 rings (SSSR count). The molecule has 9 heteroatoms. The average Bonchev–Trinajstić information content (AvgIpc) is 3.36. The van der Waals surface area contributed by atoms with E-state index in [1.807, 2.05) is 60.8 Å². The van der Waals surface area contributed by atoms with Gasteiger partial charge in [-0.3, -0.25) is 19.8 Å². The van der Waals surface area contributed by atoms with Gasteiger partial charge in [0.05, 0.1) is 18.1 Å². The first-order chi connectivity index (χ1) is 18.6. The molecule has 1 aromatic heterocycles. The molecule has 38 heavy (non-hydrogen) atoms. The van der Waals surface area contributed by atoms with Crippen molar-refractivity contribution in [3.63, 3.8) is 0 Å². The molecule has 0 radical (unpaired) electrons. The molecule has 0 spiro atoms. The minimum Gasteiger partial charge on any atom is -0.457 e. The SMILES string of the molecule is O=C(C[C@H](c1cccc(Oc2ccccc2)c1)c1c[nH]c2ccc([N+](=O)[O-])cc12)NCCN1CCOCC1. The first-order valence-electron chi connectivity index (χ1n) is 12.7. The summed E-state index contributed by atoms with van der Waals surface area (Å²) in [6.07, 6.45) is 2.03. The number of carbonyl (C=O) groups is 1. The molecule has 2 heterocycles. The third-order valence-electron chi connectivity index (χ3n) is 6.77. The minimum absolute atomic E-state index is 0.00762. The second-order valence-corrected chi connectivity index (χ2v) is 9.28. The number of carbonyl (C=O) groups excluding carboxylic acids is 1. The van der Waals surface area contributed by atoms with E-state index in [-0.39, 0.29) is 23.9 Å². The van der Waals surface area contributed by atoms with Crippen LogP contribution in [0.25, 0.3) is 10.9 Å². The van der Waals surface area contributed by atoms with E-state index >= 15 is 0 Å². The van der Waals surface area contributed by atoms with E-state index in [0.29, 0.717) is 31.3 Å². The highest BCUT2D eigenvalue weighted by molar-refractivity contribution is 5.87. The Balaban J connectivity index is 1.41. The van der Waals surface area contributed by atoms with E-state index in [1.54, 1.807) is 12.1 Å². The van der Waals surface area contributed by atoms with Crippen LogP contribution in [0.3, 0.4) is 0 Å². The lowest BCUT2D eigenvalue weighted by Crippen LogP contribution is -2.41. The Kier molecular flexibility index (Phi) is 7.96. The predicted molar refractivity (Wildman–Crippen MR) is 145 cm³/mol. The number of ether oxygens (including phenoxy) is 2. The number of para-hydroxylation sites is 1. The summed E-state index contributed by atoms with van der Waals surface area (Å²) in [4.78, 5) is 29.7. The number of aromatic nitrogens is 1. The van der Waals surface area contributed by atoms with Crippen molar-refractivity contribution in [2.24, 2.45) is 0 Å². The highest BCUT2D eigenvalue weighted by Gasteiger charge is 2.23. The lowest BCUT2D eigenvalue weighted by atomic mass is 9.87. The number of fused-ring (bicyclic) bond motifs is 1. The summed E-state index contributed by atoms with van der Waals surface area (Å²) in [5, 5.41) is 15.2. The maximum atomic E-state index is 13.1. The Morgan fingerprint density at radius 1 is 1.05 bits per heavy atom. The standard InChI is InChI=1S/C29H30N4O5/c34-29(30-11-12-32-13-15-37-16-14-32)19-25(27-20-31-28-10-9-22(33(35)36)18-26(27)28)21-5-4-8-24(17-21)38-23-6-2-1-3-7-23/h1-10,17-18,20,25,31H,11-16,19H2,(H,30,34)/t25-/m1/s1. The number of H-pyrrole nitrogens is 1. The van der Waals surface area contributed by atoms with E-state index in [4.69, 9.17) is 9.47 Å². The summed E-state index contributed by atoms with van der Waals surface area (Å²) in [5.74, 6) is 0.938. The van der Waals surface area contributed by atoms with Crippen molar-refractivity contribution in [3.05, 3.63) is 100 Å². The molecular weight excluding hydrogens is 484 g/mol. The molecule has 0 saturated carbocycles. The van der Waals surface area contributed by atoms with Crippen molar-refractivity contribution in [3.8, 4) is 11.5 Å². The van der Waals surface area contributed by atoms with Gasteiger partial charge < -0.3 is 19.8 Å². The number of non-ortho nitro benzene ring substituents is 1. The van der Waals surface area contributed by atoms with Crippen LogP contribution in [-0.2, 0) is 9.53 Å². The van der Waals surface area contributed by atoms with Crippen LogP contribution in [0.5, 0.6) is 11.5 Å². The molecular formula is C29H30N4O5. The summed E-state index contributed by atoms with van der Waals surface area (Å²) in [5.41, 5.74) is 2.49. The Hall–Kier alpha value is -4.21. The zero-order chi connectivity index (χ0) is 26.3. The first kappa shape index (κ1) is 25.4. The van der Waals surface area contributed by atoms with E-state index in [9.17, 15) is 14.9 Å². The van der Waals surface area contributed by atoms with E-state index in [2.05, 4.69) is 15.2 Å². The molecule has 4 aromatic rings. The molecule has 1 fully saturated rings. The maximum Gasteiger partial charge on any atom is 0.270 e. The first-order valence-corrected chi connectivity index (χ1v) is 12.7. The maximum absolute atomic E-state index is 13.1. The molecule has 196 valence electrons. The Bertz CT molecular complexity index is 1400. The second kappa shape index (κ2) is 11.9. The topological polar surface area (TPSA) is 110 Å². The number of nitro groups is 1. The van der Waals surface area contributed by atoms with Crippen LogP contribution in [0, 0.1) is 10.1 Å². The van der Waals surface area contributed by atoms with Gasteiger partial charge >= 0.3 is 0 Å². The zero-order valence-electron chi connectivity index (χ0n) is 21.0. The molecule has 1 amide bonds. The Labute approximate surface area is 220 Å². The van der Waals surface area contributed by atoms with Gasteiger partial charge in [0, 0.05) is 67.8 Å². The fourth-order valence-corrected chi connectivity index (χ4v) is 4.79. The summed E-state index contributed by atoms with van der Waals surface area (Å²) in [7, 11) is 0. The van der Waals surface area contributed by atoms with E-state index in [1.165, 1.54) is 6.07 Å². The monoisotopic (exact) mass is 514 g/mol. The largest absolute Gasteiger partial charge is 0.457 e. The number of hydrogen-bond acceptors (Lipinski definition) is 6. The van der Waals surface area contributed by atoms with Gasteiger partial charge in [0.15, 0.2) is 0 Å². The van der Waals surface area contributed by atoms with Crippen LogP contribution in [0.4, 0.5) is 5.69 Å². The quantitative estimate of drug-likeness (QED) is 0.232. The smallest absolute Gasteiger partial charge is 0.270 e. The zero-order valence-corrected chi connectivity index (χ0v) is 21.0. The highest BCUT2D eigenvalue weighted by atomic mass is 16.6. The Morgan fingerprint density at radius 3 is 2.63 bits per heavy atom. The average molecular weight is 515 g/mol. The van der Waals surface area contributed by atoms with Crippen LogP contribution in [-0.4, -0.2) is 60.1 Å². The third kappa shape index (κ3) is 6.19. The summed E-state index contributed by atoms with van der Waals surface area (Å²) in [6.45, 7) is 4.46. The number of amides is 1. The van der Waals surface area contributed by atoms with Crippen LogP contribution in [0.1, 0.15) is 23.5 Å². The molecule has 1 aliphatic rings. The van der Waals surface area contributed by atoms with Crippen LogP contribution in [0.2, 0.25) is 0 Å². The number of nitrogens with one attached hydrogen (secondary N) is 2. The van der Waals surface area contributed by atoms with Gasteiger partial charge in [0.1, 0.15) is 11.5 Å². The fraction of sp³-hybridized carbons (Fsp3) is 0.276. The predicted octanol–water partition coefficient (Wildman–Crippen LogP) is 4.84.